The molecule has 2 aromatic heterocycles. The standard InChI is InChI=1S/C22H25FN4O2S/c1-4-26-14-22(16(3)25-26)30(28,29)27-11-5-6-21(27)20-13-18(12-15(2)24-20)17-7-9-19(23)10-8-17/h7-10,12-14,21H,4-6,11H2,1-3H3/t21-/m0/s1. The molecule has 8 heteroatoms. The number of rotatable bonds is 5. The minimum atomic E-state index is -3.69. The summed E-state index contributed by atoms with van der Waals surface area (Å²) >= 11 is 0. The number of hydrogen-bond acceptors (Lipinski definition) is 4. The first-order valence-corrected chi connectivity index (χ1v) is 11.5. The van der Waals surface area contributed by atoms with Crippen molar-refractivity contribution in [3.8, 4) is 11.1 Å². The summed E-state index contributed by atoms with van der Waals surface area (Å²) in [6.45, 7) is 6.60. The normalized spacial score (nSPS) is 17.5. The first kappa shape index (κ1) is 20.7. The van der Waals surface area contributed by atoms with E-state index in [4.69, 9.17) is 0 Å². The van der Waals surface area contributed by atoms with Crippen molar-refractivity contribution < 1.29 is 12.8 Å². The number of hydrogen-bond donors (Lipinski definition) is 0. The van der Waals surface area contributed by atoms with Gasteiger partial charge in [0.25, 0.3) is 0 Å². The number of halogens is 1. The van der Waals surface area contributed by atoms with Crippen LogP contribution >= 0.6 is 0 Å². The molecule has 1 atom stereocenters. The Hall–Kier alpha value is -2.58. The molecule has 0 radical (unpaired) electrons. The van der Waals surface area contributed by atoms with Gasteiger partial charge in [0.15, 0.2) is 0 Å². The number of aryl methyl sites for hydroxylation is 3. The highest BCUT2D eigenvalue weighted by Crippen LogP contribution is 2.37. The molecule has 1 aliphatic rings. The van der Waals surface area contributed by atoms with Gasteiger partial charge < -0.3 is 0 Å². The lowest BCUT2D eigenvalue weighted by molar-refractivity contribution is 0.390. The molecular formula is C22H25FN4O2S. The van der Waals surface area contributed by atoms with Crippen molar-refractivity contribution in [3.63, 3.8) is 0 Å². The molecular weight excluding hydrogens is 403 g/mol. The summed E-state index contributed by atoms with van der Waals surface area (Å²) in [5, 5.41) is 4.30. The Bertz CT molecular complexity index is 1170. The first-order valence-electron chi connectivity index (χ1n) is 10.1. The summed E-state index contributed by atoms with van der Waals surface area (Å²) < 4.78 is 43.4. The molecule has 1 saturated heterocycles. The third kappa shape index (κ3) is 3.77. The van der Waals surface area contributed by atoms with Gasteiger partial charge in [-0.2, -0.15) is 9.40 Å². The van der Waals surface area contributed by atoms with Crippen LogP contribution in [0.4, 0.5) is 4.39 Å². The SMILES string of the molecule is CCn1cc(S(=O)(=O)N2CCC[C@H]2c2cc(-c3ccc(F)cc3)cc(C)n2)c(C)n1. The Labute approximate surface area is 176 Å². The molecule has 0 saturated carbocycles. The van der Waals surface area contributed by atoms with Gasteiger partial charge >= 0.3 is 0 Å². The van der Waals surface area contributed by atoms with E-state index in [0.29, 0.717) is 25.2 Å². The minimum absolute atomic E-state index is 0.252. The van der Waals surface area contributed by atoms with Crippen LogP contribution in [-0.2, 0) is 16.6 Å². The van der Waals surface area contributed by atoms with E-state index in [1.807, 2.05) is 26.0 Å². The molecule has 0 bridgehead atoms. The van der Waals surface area contributed by atoms with E-state index in [1.54, 1.807) is 34.2 Å². The maximum Gasteiger partial charge on any atom is 0.247 e. The maximum absolute atomic E-state index is 13.4. The summed E-state index contributed by atoms with van der Waals surface area (Å²) in [5.74, 6) is -0.291. The van der Waals surface area contributed by atoms with Gasteiger partial charge in [-0.3, -0.25) is 9.67 Å². The molecule has 3 heterocycles. The lowest BCUT2D eigenvalue weighted by atomic mass is 10.0. The van der Waals surface area contributed by atoms with E-state index in [1.165, 1.54) is 12.1 Å². The fourth-order valence-corrected chi connectivity index (χ4v) is 5.88. The zero-order valence-electron chi connectivity index (χ0n) is 17.3. The zero-order chi connectivity index (χ0) is 21.5. The van der Waals surface area contributed by atoms with Gasteiger partial charge in [-0.15, -0.1) is 0 Å². The molecule has 0 aliphatic carbocycles. The topological polar surface area (TPSA) is 68.1 Å². The smallest absolute Gasteiger partial charge is 0.247 e. The van der Waals surface area contributed by atoms with Crippen LogP contribution < -0.4 is 0 Å². The minimum Gasteiger partial charge on any atom is -0.271 e. The zero-order valence-corrected chi connectivity index (χ0v) is 18.2. The molecule has 1 aliphatic heterocycles. The van der Waals surface area contributed by atoms with Crippen molar-refractivity contribution in [1.29, 1.82) is 0 Å². The van der Waals surface area contributed by atoms with E-state index in [2.05, 4.69) is 10.1 Å². The summed E-state index contributed by atoms with van der Waals surface area (Å²) in [6, 6.07) is 9.80. The number of sulfonamides is 1. The van der Waals surface area contributed by atoms with Crippen LogP contribution in [0, 0.1) is 19.7 Å². The van der Waals surface area contributed by atoms with E-state index in [9.17, 15) is 12.8 Å². The average Bonchev–Trinajstić information content (AvgIpc) is 3.35. The Morgan fingerprint density at radius 2 is 1.87 bits per heavy atom. The third-order valence-electron chi connectivity index (χ3n) is 5.51. The number of benzene rings is 1. The fraction of sp³-hybridized carbons (Fsp3) is 0.364. The van der Waals surface area contributed by atoms with Gasteiger partial charge in [0, 0.05) is 25.0 Å². The number of nitrogens with zero attached hydrogens (tertiary/aromatic N) is 4. The van der Waals surface area contributed by atoms with Crippen molar-refractivity contribution in [2.45, 2.75) is 51.1 Å². The van der Waals surface area contributed by atoms with E-state index in [-0.39, 0.29) is 16.8 Å². The van der Waals surface area contributed by atoms with Crippen LogP contribution in [0.2, 0.25) is 0 Å². The molecule has 158 valence electrons. The van der Waals surface area contributed by atoms with E-state index >= 15 is 0 Å². The van der Waals surface area contributed by atoms with Crippen LogP contribution in [0.25, 0.3) is 11.1 Å². The van der Waals surface area contributed by atoms with Crippen LogP contribution in [0.1, 0.15) is 42.9 Å². The summed E-state index contributed by atoms with van der Waals surface area (Å²) in [6.07, 6.45) is 3.08. The van der Waals surface area contributed by atoms with Crippen molar-refractivity contribution in [2.24, 2.45) is 0 Å². The van der Waals surface area contributed by atoms with E-state index < -0.39 is 10.0 Å². The molecule has 0 N–H and O–H groups in total. The van der Waals surface area contributed by atoms with E-state index in [0.717, 1.165) is 28.9 Å². The van der Waals surface area contributed by atoms with Gasteiger partial charge in [0.2, 0.25) is 10.0 Å². The second-order valence-electron chi connectivity index (χ2n) is 7.64. The predicted octanol–water partition coefficient (Wildman–Crippen LogP) is 4.25. The Balaban J connectivity index is 1.73. The highest BCUT2D eigenvalue weighted by atomic mass is 32.2. The molecule has 6 nitrogen and oxygen atoms in total. The molecule has 0 unspecified atom stereocenters. The molecule has 0 spiro atoms. The molecule has 30 heavy (non-hydrogen) atoms. The van der Waals surface area contributed by atoms with Crippen LogP contribution in [0.3, 0.4) is 0 Å². The predicted molar refractivity (Wildman–Crippen MR) is 113 cm³/mol. The Morgan fingerprint density at radius 3 is 2.53 bits per heavy atom. The Kier molecular flexibility index (Phi) is 5.46. The third-order valence-corrected chi connectivity index (χ3v) is 7.52. The highest BCUT2D eigenvalue weighted by molar-refractivity contribution is 7.89. The molecule has 3 aromatic rings. The van der Waals surface area contributed by atoms with Crippen molar-refractivity contribution in [1.82, 2.24) is 19.1 Å². The van der Waals surface area contributed by atoms with Crippen molar-refractivity contribution >= 4 is 10.0 Å². The maximum atomic E-state index is 13.4. The number of aromatic nitrogens is 3. The van der Waals surface area contributed by atoms with Crippen LogP contribution in [-0.4, -0.2) is 34.0 Å². The molecule has 0 amide bonds. The summed E-state index contributed by atoms with van der Waals surface area (Å²) in [7, 11) is -3.69. The first-order chi connectivity index (χ1) is 14.3. The van der Waals surface area contributed by atoms with Gasteiger partial charge in [-0.25, -0.2) is 12.8 Å². The lowest BCUT2D eigenvalue weighted by Gasteiger charge is -2.24. The van der Waals surface area contributed by atoms with Crippen molar-refractivity contribution in [2.75, 3.05) is 6.54 Å². The molecule has 1 fully saturated rings. The second-order valence-corrected chi connectivity index (χ2v) is 9.50. The van der Waals surface area contributed by atoms with Crippen LogP contribution in [0.15, 0.2) is 47.5 Å². The van der Waals surface area contributed by atoms with Crippen molar-refractivity contribution in [3.05, 3.63) is 65.5 Å². The Morgan fingerprint density at radius 1 is 1.13 bits per heavy atom. The monoisotopic (exact) mass is 428 g/mol. The molecule has 4 rings (SSSR count). The largest absolute Gasteiger partial charge is 0.271 e. The molecule has 1 aromatic carbocycles. The lowest BCUT2D eigenvalue weighted by Crippen LogP contribution is -2.31. The quantitative estimate of drug-likeness (QED) is 0.609. The fourth-order valence-electron chi connectivity index (χ4n) is 4.04. The van der Waals surface area contributed by atoms with Crippen LogP contribution in [0.5, 0.6) is 0 Å². The van der Waals surface area contributed by atoms with Gasteiger partial charge in [0.05, 0.1) is 17.4 Å². The number of pyridine rings is 1. The van der Waals surface area contributed by atoms with Gasteiger partial charge in [-0.05, 0) is 69.0 Å². The van der Waals surface area contributed by atoms with Gasteiger partial charge in [0.1, 0.15) is 10.7 Å². The summed E-state index contributed by atoms with van der Waals surface area (Å²) in [5.41, 5.74) is 3.79. The summed E-state index contributed by atoms with van der Waals surface area (Å²) in [4.78, 5) is 4.91. The average molecular weight is 429 g/mol. The second kappa shape index (κ2) is 7.92. The highest BCUT2D eigenvalue weighted by Gasteiger charge is 2.38. The van der Waals surface area contributed by atoms with Gasteiger partial charge in [-0.1, -0.05) is 12.1 Å².